The number of hydrogen-bond acceptors (Lipinski definition) is 6. The van der Waals surface area contributed by atoms with Crippen molar-refractivity contribution in [3.8, 4) is 5.75 Å². The number of amides is 1. The van der Waals surface area contributed by atoms with Gasteiger partial charge in [-0.3, -0.25) is 4.79 Å². The number of carbonyl (C=O) groups is 1. The van der Waals surface area contributed by atoms with Crippen LogP contribution in [0.25, 0.3) is 5.65 Å². The van der Waals surface area contributed by atoms with Crippen LogP contribution in [0.4, 0.5) is 19.0 Å². The second kappa shape index (κ2) is 9.01. The summed E-state index contributed by atoms with van der Waals surface area (Å²) in [5.74, 6) is -0.358. The van der Waals surface area contributed by atoms with E-state index in [1.54, 1.807) is 13.2 Å². The standard InChI is InChI=1S/C21H23F3N6O2/c1-32-16-6-4-14(5-7-16)10-11-25-19(31)15-3-2-12-29(13-15)18-9-8-17-26-27-20(21(22,23)24)30(17)28-18/h4-9,15H,2-3,10-13H2,1H3,(H,25,31)/t15-/m0/s1. The minimum atomic E-state index is -4.65. The smallest absolute Gasteiger partial charge is 0.453 e. The maximum Gasteiger partial charge on any atom is 0.453 e. The molecule has 1 saturated heterocycles. The second-order valence-electron chi connectivity index (χ2n) is 7.66. The number of piperidine rings is 1. The van der Waals surface area contributed by atoms with Gasteiger partial charge in [-0.1, -0.05) is 12.1 Å². The molecule has 1 atom stereocenters. The molecule has 3 aromatic rings. The van der Waals surface area contributed by atoms with Gasteiger partial charge in [0.15, 0.2) is 5.65 Å². The maximum atomic E-state index is 13.1. The molecular weight excluding hydrogens is 425 g/mol. The van der Waals surface area contributed by atoms with Gasteiger partial charge in [-0.2, -0.15) is 17.7 Å². The summed E-state index contributed by atoms with van der Waals surface area (Å²) in [5.41, 5.74) is 1.11. The fourth-order valence-electron chi connectivity index (χ4n) is 3.79. The van der Waals surface area contributed by atoms with E-state index in [0.717, 1.165) is 17.7 Å². The average Bonchev–Trinajstić information content (AvgIpc) is 3.23. The van der Waals surface area contributed by atoms with Crippen molar-refractivity contribution in [1.82, 2.24) is 25.1 Å². The van der Waals surface area contributed by atoms with E-state index in [2.05, 4.69) is 20.6 Å². The van der Waals surface area contributed by atoms with E-state index >= 15 is 0 Å². The van der Waals surface area contributed by atoms with Gasteiger partial charge in [0, 0.05) is 19.6 Å². The lowest BCUT2D eigenvalue weighted by atomic mass is 9.97. The Morgan fingerprint density at radius 2 is 1.97 bits per heavy atom. The first-order valence-corrected chi connectivity index (χ1v) is 10.3. The van der Waals surface area contributed by atoms with E-state index in [9.17, 15) is 18.0 Å². The summed E-state index contributed by atoms with van der Waals surface area (Å²) in [6, 6.07) is 10.7. The molecule has 0 unspecified atom stereocenters. The molecule has 1 fully saturated rings. The number of nitrogens with one attached hydrogen (secondary N) is 1. The molecule has 1 aliphatic heterocycles. The van der Waals surface area contributed by atoms with Gasteiger partial charge in [-0.15, -0.1) is 15.3 Å². The zero-order valence-corrected chi connectivity index (χ0v) is 17.5. The molecule has 0 bridgehead atoms. The van der Waals surface area contributed by atoms with Crippen LogP contribution in [0.3, 0.4) is 0 Å². The summed E-state index contributed by atoms with van der Waals surface area (Å²) < 4.78 is 45.2. The van der Waals surface area contributed by atoms with Crippen molar-refractivity contribution in [2.24, 2.45) is 5.92 Å². The van der Waals surface area contributed by atoms with Crippen LogP contribution in [-0.4, -0.2) is 52.5 Å². The van der Waals surface area contributed by atoms with E-state index < -0.39 is 12.0 Å². The molecule has 0 radical (unpaired) electrons. The predicted octanol–water partition coefficient (Wildman–Crippen LogP) is 2.73. The van der Waals surface area contributed by atoms with Crippen molar-refractivity contribution in [2.75, 3.05) is 31.6 Å². The first-order valence-electron chi connectivity index (χ1n) is 10.3. The summed E-state index contributed by atoms with van der Waals surface area (Å²) in [7, 11) is 1.61. The van der Waals surface area contributed by atoms with Crippen LogP contribution in [-0.2, 0) is 17.4 Å². The van der Waals surface area contributed by atoms with Crippen molar-refractivity contribution in [3.63, 3.8) is 0 Å². The zero-order valence-electron chi connectivity index (χ0n) is 17.5. The second-order valence-corrected chi connectivity index (χ2v) is 7.66. The van der Waals surface area contributed by atoms with Gasteiger partial charge in [0.1, 0.15) is 11.6 Å². The fourth-order valence-corrected chi connectivity index (χ4v) is 3.79. The number of hydrogen-bond donors (Lipinski definition) is 1. The molecule has 11 heteroatoms. The highest BCUT2D eigenvalue weighted by molar-refractivity contribution is 5.79. The molecule has 0 aliphatic carbocycles. The number of rotatable bonds is 6. The van der Waals surface area contributed by atoms with Gasteiger partial charge >= 0.3 is 6.18 Å². The summed E-state index contributed by atoms with van der Waals surface area (Å²) in [4.78, 5) is 14.5. The number of anilines is 1. The number of halogens is 3. The van der Waals surface area contributed by atoms with E-state index in [4.69, 9.17) is 4.74 Å². The summed E-state index contributed by atoms with van der Waals surface area (Å²) in [6.07, 6.45) is -2.50. The van der Waals surface area contributed by atoms with E-state index in [1.165, 1.54) is 6.07 Å². The Balaban J connectivity index is 1.37. The highest BCUT2D eigenvalue weighted by Gasteiger charge is 2.38. The molecule has 1 amide bonds. The molecule has 0 saturated carbocycles. The number of fused-ring (bicyclic) bond motifs is 1. The third-order valence-corrected chi connectivity index (χ3v) is 5.49. The molecular formula is C21H23F3N6O2. The van der Waals surface area contributed by atoms with Crippen LogP contribution in [0.15, 0.2) is 36.4 Å². The van der Waals surface area contributed by atoms with E-state index in [0.29, 0.717) is 42.8 Å². The van der Waals surface area contributed by atoms with Crippen LogP contribution >= 0.6 is 0 Å². The van der Waals surface area contributed by atoms with Crippen LogP contribution < -0.4 is 15.0 Å². The first kappa shape index (κ1) is 21.8. The van der Waals surface area contributed by atoms with Crippen LogP contribution in [0.1, 0.15) is 24.2 Å². The van der Waals surface area contributed by atoms with E-state index in [-0.39, 0.29) is 17.5 Å². The van der Waals surface area contributed by atoms with Gasteiger partial charge in [-0.25, -0.2) is 0 Å². The third-order valence-electron chi connectivity index (χ3n) is 5.49. The monoisotopic (exact) mass is 448 g/mol. The molecule has 3 heterocycles. The Kier molecular flexibility index (Phi) is 6.15. The minimum Gasteiger partial charge on any atom is -0.497 e. The summed E-state index contributed by atoms with van der Waals surface area (Å²) >= 11 is 0. The largest absolute Gasteiger partial charge is 0.497 e. The number of carbonyl (C=O) groups excluding carboxylic acids is 1. The molecule has 32 heavy (non-hydrogen) atoms. The minimum absolute atomic E-state index is 0.0194. The van der Waals surface area contributed by atoms with Crippen molar-refractivity contribution < 1.29 is 22.7 Å². The van der Waals surface area contributed by atoms with E-state index in [1.807, 2.05) is 29.2 Å². The van der Waals surface area contributed by atoms with Crippen molar-refractivity contribution in [3.05, 3.63) is 47.8 Å². The molecule has 1 N–H and O–H groups in total. The number of aromatic nitrogens is 4. The Labute approximate surface area is 182 Å². The molecule has 1 aliphatic rings. The predicted molar refractivity (Wildman–Crippen MR) is 110 cm³/mol. The highest BCUT2D eigenvalue weighted by atomic mass is 19.4. The Hall–Kier alpha value is -3.37. The van der Waals surface area contributed by atoms with Crippen LogP contribution in [0.2, 0.25) is 0 Å². The quantitative estimate of drug-likeness (QED) is 0.624. The molecule has 170 valence electrons. The van der Waals surface area contributed by atoms with Crippen molar-refractivity contribution in [2.45, 2.75) is 25.4 Å². The molecule has 0 spiro atoms. The zero-order chi connectivity index (χ0) is 22.7. The SMILES string of the molecule is COc1ccc(CCNC(=O)[C@H]2CCCN(c3ccc4nnc(C(F)(F)F)n4n3)C2)cc1. The third kappa shape index (κ3) is 4.76. The van der Waals surface area contributed by atoms with Gasteiger partial charge in [-0.05, 0) is 49.1 Å². The maximum absolute atomic E-state index is 13.1. The lowest BCUT2D eigenvalue weighted by Crippen LogP contribution is -2.44. The van der Waals surface area contributed by atoms with Crippen molar-refractivity contribution in [1.29, 1.82) is 0 Å². The number of methoxy groups -OCH3 is 1. The van der Waals surface area contributed by atoms with Gasteiger partial charge in [0.05, 0.1) is 13.0 Å². The van der Waals surface area contributed by atoms with Gasteiger partial charge in [0.2, 0.25) is 5.91 Å². The Bertz CT molecular complexity index is 1080. The summed E-state index contributed by atoms with van der Waals surface area (Å²) in [5, 5.41) is 13.8. The van der Waals surface area contributed by atoms with Crippen molar-refractivity contribution >= 4 is 17.4 Å². The first-order chi connectivity index (χ1) is 15.3. The van der Waals surface area contributed by atoms with Crippen LogP contribution in [0.5, 0.6) is 5.75 Å². The lowest BCUT2D eigenvalue weighted by Gasteiger charge is -2.32. The number of ether oxygens (including phenoxy) is 1. The Morgan fingerprint density at radius 1 is 1.19 bits per heavy atom. The molecule has 2 aromatic heterocycles. The number of alkyl halides is 3. The fraction of sp³-hybridized carbons (Fsp3) is 0.429. The molecule has 1 aromatic carbocycles. The van der Waals surface area contributed by atoms with Gasteiger partial charge < -0.3 is 15.0 Å². The molecule has 4 rings (SSSR count). The number of benzene rings is 1. The van der Waals surface area contributed by atoms with Gasteiger partial charge in [0.25, 0.3) is 5.82 Å². The number of nitrogens with zero attached hydrogens (tertiary/aromatic N) is 5. The van der Waals surface area contributed by atoms with Crippen LogP contribution in [0, 0.1) is 5.92 Å². The normalized spacial score (nSPS) is 16.9. The Morgan fingerprint density at radius 3 is 2.69 bits per heavy atom. The topological polar surface area (TPSA) is 84.6 Å². The molecule has 8 nitrogen and oxygen atoms in total. The summed E-state index contributed by atoms with van der Waals surface area (Å²) in [6.45, 7) is 1.50. The lowest BCUT2D eigenvalue weighted by molar-refractivity contribution is -0.146. The highest BCUT2D eigenvalue weighted by Crippen LogP contribution is 2.28. The average molecular weight is 448 g/mol.